The Kier molecular flexibility index (Phi) is 3.57. The number of para-hydroxylation sites is 1. The zero-order chi connectivity index (χ0) is 14.0. The smallest absolute Gasteiger partial charge is 0.338 e. The summed E-state index contributed by atoms with van der Waals surface area (Å²) in [5.74, 6) is -0.858. The van der Waals surface area contributed by atoms with E-state index in [4.69, 9.17) is 11.6 Å². The maximum Gasteiger partial charge on any atom is 0.433 e. The van der Waals surface area contributed by atoms with Gasteiger partial charge in [0.25, 0.3) is 0 Å². The maximum absolute atomic E-state index is 13.3. The van der Waals surface area contributed by atoms with Crippen molar-refractivity contribution in [3.05, 3.63) is 47.1 Å². The molecule has 0 amide bonds. The van der Waals surface area contributed by atoms with Crippen molar-refractivity contribution < 1.29 is 17.6 Å². The van der Waals surface area contributed by atoms with E-state index in [2.05, 4.69) is 15.3 Å². The minimum absolute atomic E-state index is 0.00890. The lowest BCUT2D eigenvalue weighted by Gasteiger charge is -2.10. The lowest BCUT2D eigenvalue weighted by Crippen LogP contribution is -2.10. The number of alkyl halides is 3. The van der Waals surface area contributed by atoms with Crippen LogP contribution in [0.5, 0.6) is 0 Å². The van der Waals surface area contributed by atoms with E-state index >= 15 is 0 Å². The van der Waals surface area contributed by atoms with Gasteiger partial charge in [-0.25, -0.2) is 14.4 Å². The highest BCUT2D eigenvalue weighted by atomic mass is 35.5. The van der Waals surface area contributed by atoms with Crippen LogP contribution < -0.4 is 5.32 Å². The summed E-state index contributed by atoms with van der Waals surface area (Å²) in [6.07, 6.45) is -4.65. The molecule has 19 heavy (non-hydrogen) atoms. The Morgan fingerprint density at radius 1 is 1.11 bits per heavy atom. The molecule has 100 valence electrons. The van der Waals surface area contributed by atoms with E-state index < -0.39 is 23.0 Å². The third-order valence-electron chi connectivity index (χ3n) is 2.13. The number of anilines is 2. The zero-order valence-electron chi connectivity index (χ0n) is 9.17. The first-order valence-corrected chi connectivity index (χ1v) is 5.37. The van der Waals surface area contributed by atoms with Gasteiger partial charge in [-0.15, -0.1) is 0 Å². The quantitative estimate of drug-likeness (QED) is 0.670. The second-order valence-electron chi connectivity index (χ2n) is 3.51. The topological polar surface area (TPSA) is 37.8 Å². The molecule has 0 radical (unpaired) electrons. The van der Waals surface area contributed by atoms with E-state index in [9.17, 15) is 17.6 Å². The van der Waals surface area contributed by atoms with Gasteiger partial charge in [0.2, 0.25) is 5.28 Å². The van der Waals surface area contributed by atoms with Crippen LogP contribution in [0.4, 0.5) is 29.1 Å². The average molecular weight is 292 g/mol. The summed E-state index contributed by atoms with van der Waals surface area (Å²) in [7, 11) is 0. The average Bonchev–Trinajstić information content (AvgIpc) is 2.30. The van der Waals surface area contributed by atoms with E-state index in [0.29, 0.717) is 6.07 Å². The summed E-state index contributed by atoms with van der Waals surface area (Å²) in [4.78, 5) is 6.63. The number of hydrogen-bond donors (Lipinski definition) is 1. The first-order chi connectivity index (χ1) is 8.86. The van der Waals surface area contributed by atoms with Crippen LogP contribution >= 0.6 is 11.6 Å². The summed E-state index contributed by atoms with van der Waals surface area (Å²) < 4.78 is 50.9. The van der Waals surface area contributed by atoms with Gasteiger partial charge in [-0.2, -0.15) is 13.2 Å². The second-order valence-corrected chi connectivity index (χ2v) is 3.85. The Morgan fingerprint density at radius 2 is 1.79 bits per heavy atom. The predicted octanol–water partition coefficient (Wildman–Crippen LogP) is 4.03. The van der Waals surface area contributed by atoms with Crippen molar-refractivity contribution in [1.29, 1.82) is 0 Å². The van der Waals surface area contributed by atoms with Gasteiger partial charge >= 0.3 is 6.18 Å². The second kappa shape index (κ2) is 5.00. The number of nitrogens with one attached hydrogen (secondary N) is 1. The van der Waals surface area contributed by atoms with Crippen LogP contribution in [0.25, 0.3) is 0 Å². The monoisotopic (exact) mass is 291 g/mol. The number of nitrogens with zero attached hydrogens (tertiary/aromatic N) is 2. The lowest BCUT2D eigenvalue weighted by molar-refractivity contribution is -0.141. The van der Waals surface area contributed by atoms with E-state index in [-0.39, 0.29) is 11.5 Å². The molecule has 0 unspecified atom stereocenters. The van der Waals surface area contributed by atoms with Crippen LogP contribution in [0.3, 0.4) is 0 Å². The van der Waals surface area contributed by atoms with Gasteiger partial charge in [0, 0.05) is 6.07 Å². The van der Waals surface area contributed by atoms with Crippen molar-refractivity contribution in [1.82, 2.24) is 9.97 Å². The standard InChI is InChI=1S/C11H6ClF4N3/c12-10-18-8(11(14,15)16)5-9(19-10)17-7-4-2-1-3-6(7)13/h1-5H,(H,17,18,19). The summed E-state index contributed by atoms with van der Waals surface area (Å²) in [6.45, 7) is 0. The van der Waals surface area contributed by atoms with Crippen molar-refractivity contribution >= 4 is 23.1 Å². The van der Waals surface area contributed by atoms with E-state index in [1.54, 1.807) is 0 Å². The van der Waals surface area contributed by atoms with Crippen LogP contribution in [0.1, 0.15) is 5.69 Å². The lowest BCUT2D eigenvalue weighted by atomic mass is 10.3. The molecule has 8 heteroatoms. The first kappa shape index (κ1) is 13.5. The number of benzene rings is 1. The minimum atomic E-state index is -4.65. The first-order valence-electron chi connectivity index (χ1n) is 4.99. The van der Waals surface area contributed by atoms with Crippen molar-refractivity contribution in [2.75, 3.05) is 5.32 Å². The summed E-state index contributed by atoms with van der Waals surface area (Å²) in [5, 5.41) is 1.84. The van der Waals surface area contributed by atoms with E-state index in [1.807, 2.05) is 0 Å². The molecule has 0 aliphatic heterocycles. The molecule has 1 heterocycles. The Labute approximate surface area is 110 Å². The van der Waals surface area contributed by atoms with Crippen LogP contribution in [0, 0.1) is 5.82 Å². The molecular formula is C11H6ClF4N3. The molecule has 0 bridgehead atoms. The van der Waals surface area contributed by atoms with Crippen LogP contribution in [0.15, 0.2) is 30.3 Å². The van der Waals surface area contributed by atoms with Crippen molar-refractivity contribution in [3.63, 3.8) is 0 Å². The molecule has 0 saturated carbocycles. The van der Waals surface area contributed by atoms with Crippen LogP contribution in [-0.4, -0.2) is 9.97 Å². The minimum Gasteiger partial charge on any atom is -0.338 e. The molecule has 1 aromatic carbocycles. The largest absolute Gasteiger partial charge is 0.433 e. The maximum atomic E-state index is 13.3. The number of hydrogen-bond acceptors (Lipinski definition) is 3. The molecule has 2 rings (SSSR count). The fourth-order valence-corrected chi connectivity index (χ4v) is 1.51. The fourth-order valence-electron chi connectivity index (χ4n) is 1.33. The van der Waals surface area contributed by atoms with Gasteiger partial charge in [0.05, 0.1) is 5.69 Å². The zero-order valence-corrected chi connectivity index (χ0v) is 9.93. The third kappa shape index (κ3) is 3.31. The van der Waals surface area contributed by atoms with Crippen LogP contribution in [-0.2, 0) is 6.18 Å². The van der Waals surface area contributed by atoms with Gasteiger partial charge in [-0.1, -0.05) is 12.1 Å². The molecule has 0 spiro atoms. The molecule has 2 aromatic rings. The molecule has 0 fully saturated rings. The highest BCUT2D eigenvalue weighted by molar-refractivity contribution is 6.28. The van der Waals surface area contributed by atoms with Gasteiger partial charge in [-0.05, 0) is 23.7 Å². The Bertz CT molecular complexity index is 601. The molecule has 0 atom stereocenters. The van der Waals surface area contributed by atoms with Crippen LogP contribution in [0.2, 0.25) is 5.28 Å². The normalized spacial score (nSPS) is 11.4. The highest BCUT2D eigenvalue weighted by Crippen LogP contribution is 2.30. The molecule has 1 N–H and O–H groups in total. The number of halogens is 5. The Hall–Kier alpha value is -1.89. The van der Waals surface area contributed by atoms with Crippen molar-refractivity contribution in [2.24, 2.45) is 0 Å². The summed E-state index contributed by atoms with van der Waals surface area (Å²) >= 11 is 5.41. The number of aromatic nitrogens is 2. The predicted molar refractivity (Wildman–Crippen MR) is 61.7 cm³/mol. The molecule has 3 nitrogen and oxygen atoms in total. The molecule has 0 saturated heterocycles. The van der Waals surface area contributed by atoms with Crippen molar-refractivity contribution in [3.8, 4) is 0 Å². The van der Waals surface area contributed by atoms with E-state index in [1.165, 1.54) is 18.2 Å². The Morgan fingerprint density at radius 3 is 2.42 bits per heavy atom. The van der Waals surface area contributed by atoms with E-state index in [0.717, 1.165) is 6.07 Å². The van der Waals surface area contributed by atoms with Gasteiger partial charge in [-0.3, -0.25) is 0 Å². The Balaban J connectivity index is 2.36. The van der Waals surface area contributed by atoms with Gasteiger partial charge in [0.1, 0.15) is 11.6 Å². The fraction of sp³-hybridized carbons (Fsp3) is 0.0909. The van der Waals surface area contributed by atoms with Gasteiger partial charge < -0.3 is 5.32 Å². The summed E-state index contributed by atoms with van der Waals surface area (Å²) in [5.41, 5.74) is -1.21. The number of rotatable bonds is 2. The third-order valence-corrected chi connectivity index (χ3v) is 2.29. The molecule has 0 aliphatic carbocycles. The molecule has 0 aliphatic rings. The molecular weight excluding hydrogens is 286 g/mol. The molecule has 1 aromatic heterocycles. The SMILES string of the molecule is Fc1ccccc1Nc1cc(C(F)(F)F)nc(Cl)n1. The van der Waals surface area contributed by atoms with Crippen molar-refractivity contribution in [2.45, 2.75) is 6.18 Å². The summed E-state index contributed by atoms with van der Waals surface area (Å²) in [6, 6.07) is 6.15. The van der Waals surface area contributed by atoms with Gasteiger partial charge in [0.15, 0.2) is 5.69 Å². The highest BCUT2D eigenvalue weighted by Gasteiger charge is 2.33.